The van der Waals surface area contributed by atoms with E-state index < -0.39 is 5.82 Å². The van der Waals surface area contributed by atoms with Crippen molar-refractivity contribution in [2.75, 3.05) is 11.4 Å². The predicted molar refractivity (Wildman–Crippen MR) is 90.8 cm³/mol. The fourth-order valence-corrected chi connectivity index (χ4v) is 3.19. The average Bonchev–Trinajstić information content (AvgIpc) is 3.29. The number of anilines is 1. The number of nitrogens with zero attached hydrogens (tertiary/aromatic N) is 3. The Morgan fingerprint density at radius 2 is 2.16 bits per heavy atom. The molecule has 1 atom stereocenters. The second kappa shape index (κ2) is 6.27. The molecule has 0 bridgehead atoms. The van der Waals surface area contributed by atoms with Crippen molar-refractivity contribution in [1.29, 1.82) is 0 Å². The van der Waals surface area contributed by atoms with Crippen molar-refractivity contribution >= 4 is 39.1 Å². The molecule has 1 saturated heterocycles. The molecule has 2 aromatic heterocycles. The predicted octanol–water partition coefficient (Wildman–Crippen LogP) is 4.41. The SMILES string of the molecule is O=C1CC(c2noc(-c3ccc(Br)o3)n2)CN1c1ccc(F)c(Cl)c1. The summed E-state index contributed by atoms with van der Waals surface area (Å²) in [6, 6.07) is 7.61. The number of halogens is 3. The Labute approximate surface area is 154 Å². The second-order valence-electron chi connectivity index (χ2n) is 5.57. The first-order chi connectivity index (χ1) is 12.0. The molecule has 0 spiro atoms. The molecule has 1 aliphatic heterocycles. The van der Waals surface area contributed by atoms with E-state index in [0.717, 1.165) is 0 Å². The molecule has 9 heteroatoms. The molecule has 0 N–H and O–H groups in total. The molecule has 3 aromatic rings. The van der Waals surface area contributed by atoms with Crippen LogP contribution < -0.4 is 4.90 Å². The van der Waals surface area contributed by atoms with Gasteiger partial charge in [0.25, 0.3) is 5.89 Å². The molecule has 0 aliphatic carbocycles. The van der Waals surface area contributed by atoms with E-state index in [0.29, 0.717) is 28.5 Å². The van der Waals surface area contributed by atoms with Crippen LogP contribution in [0, 0.1) is 5.82 Å². The summed E-state index contributed by atoms with van der Waals surface area (Å²) in [4.78, 5) is 18.2. The van der Waals surface area contributed by atoms with Gasteiger partial charge >= 0.3 is 0 Å². The molecule has 1 aliphatic rings. The van der Waals surface area contributed by atoms with Crippen molar-refractivity contribution in [3.63, 3.8) is 0 Å². The molecular formula is C16H10BrClFN3O3. The van der Waals surface area contributed by atoms with E-state index in [1.807, 2.05) is 0 Å². The summed E-state index contributed by atoms with van der Waals surface area (Å²) in [5.74, 6) is 0.244. The first kappa shape index (κ1) is 16.3. The smallest absolute Gasteiger partial charge is 0.293 e. The van der Waals surface area contributed by atoms with Crippen molar-refractivity contribution < 1.29 is 18.1 Å². The third-order valence-electron chi connectivity index (χ3n) is 3.93. The lowest BCUT2D eigenvalue weighted by atomic mass is 10.1. The van der Waals surface area contributed by atoms with Gasteiger partial charge in [-0.15, -0.1) is 0 Å². The molecule has 1 unspecified atom stereocenters. The number of aromatic nitrogens is 2. The molecule has 25 heavy (non-hydrogen) atoms. The van der Waals surface area contributed by atoms with Crippen LogP contribution in [0.2, 0.25) is 5.02 Å². The van der Waals surface area contributed by atoms with Gasteiger partial charge in [-0.25, -0.2) is 4.39 Å². The van der Waals surface area contributed by atoms with Gasteiger partial charge in [-0.05, 0) is 46.3 Å². The van der Waals surface area contributed by atoms with Gasteiger partial charge in [0, 0.05) is 24.6 Å². The van der Waals surface area contributed by atoms with Gasteiger partial charge in [0.2, 0.25) is 5.91 Å². The molecule has 4 rings (SSSR count). The molecule has 128 valence electrons. The number of furan rings is 1. The lowest BCUT2D eigenvalue weighted by molar-refractivity contribution is -0.117. The van der Waals surface area contributed by atoms with E-state index in [9.17, 15) is 9.18 Å². The second-order valence-corrected chi connectivity index (χ2v) is 6.75. The highest BCUT2D eigenvalue weighted by atomic mass is 79.9. The Morgan fingerprint density at radius 1 is 1.32 bits per heavy atom. The largest absolute Gasteiger partial charge is 0.444 e. The summed E-state index contributed by atoms with van der Waals surface area (Å²) in [6.45, 7) is 0.363. The Kier molecular flexibility index (Phi) is 4.09. The van der Waals surface area contributed by atoms with Gasteiger partial charge < -0.3 is 13.8 Å². The summed E-state index contributed by atoms with van der Waals surface area (Å²) in [7, 11) is 0. The van der Waals surface area contributed by atoms with Gasteiger partial charge in [-0.2, -0.15) is 4.98 Å². The number of amides is 1. The van der Waals surface area contributed by atoms with Gasteiger partial charge in [-0.1, -0.05) is 16.8 Å². The van der Waals surface area contributed by atoms with Crippen molar-refractivity contribution in [3.8, 4) is 11.7 Å². The highest BCUT2D eigenvalue weighted by molar-refractivity contribution is 9.10. The molecule has 0 saturated carbocycles. The summed E-state index contributed by atoms with van der Waals surface area (Å²) in [6.07, 6.45) is 0.232. The van der Waals surface area contributed by atoms with Crippen LogP contribution in [-0.2, 0) is 4.79 Å². The van der Waals surface area contributed by atoms with E-state index in [1.165, 1.54) is 23.1 Å². The molecule has 3 heterocycles. The fraction of sp³-hybridized carbons (Fsp3) is 0.188. The Morgan fingerprint density at radius 3 is 2.88 bits per heavy atom. The number of hydrogen-bond acceptors (Lipinski definition) is 5. The molecular weight excluding hydrogens is 417 g/mol. The highest BCUT2D eigenvalue weighted by Gasteiger charge is 2.35. The summed E-state index contributed by atoms with van der Waals surface area (Å²) in [5, 5.41) is 3.92. The summed E-state index contributed by atoms with van der Waals surface area (Å²) in [5.41, 5.74) is 0.539. The van der Waals surface area contributed by atoms with Crippen molar-refractivity contribution in [3.05, 3.63) is 51.7 Å². The number of carbonyl (C=O) groups is 1. The Balaban J connectivity index is 1.56. The van der Waals surface area contributed by atoms with Crippen LogP contribution in [0.1, 0.15) is 18.2 Å². The zero-order chi connectivity index (χ0) is 17.6. The average molecular weight is 427 g/mol. The van der Waals surface area contributed by atoms with E-state index in [-0.39, 0.29) is 29.2 Å². The molecule has 1 fully saturated rings. The van der Waals surface area contributed by atoms with Gasteiger partial charge in [0.1, 0.15) is 5.82 Å². The van der Waals surface area contributed by atoms with Gasteiger partial charge in [0.05, 0.1) is 5.02 Å². The highest BCUT2D eigenvalue weighted by Crippen LogP contribution is 2.33. The maximum absolute atomic E-state index is 13.3. The Bertz CT molecular complexity index is 958. The minimum atomic E-state index is -0.527. The lowest BCUT2D eigenvalue weighted by Gasteiger charge is -2.16. The minimum Gasteiger partial charge on any atom is -0.444 e. The monoisotopic (exact) mass is 425 g/mol. The Hall–Kier alpha value is -2.19. The zero-order valence-corrected chi connectivity index (χ0v) is 14.9. The lowest BCUT2D eigenvalue weighted by Crippen LogP contribution is -2.24. The van der Waals surface area contributed by atoms with Gasteiger partial charge in [0.15, 0.2) is 16.3 Å². The van der Waals surface area contributed by atoms with Crippen LogP contribution in [0.3, 0.4) is 0 Å². The van der Waals surface area contributed by atoms with Crippen LogP contribution in [0.4, 0.5) is 10.1 Å². The van der Waals surface area contributed by atoms with E-state index >= 15 is 0 Å². The quantitative estimate of drug-likeness (QED) is 0.620. The third kappa shape index (κ3) is 3.07. The molecule has 1 aromatic carbocycles. The van der Waals surface area contributed by atoms with Crippen molar-refractivity contribution in [2.24, 2.45) is 0 Å². The van der Waals surface area contributed by atoms with Crippen LogP contribution in [0.5, 0.6) is 0 Å². The number of rotatable bonds is 3. The molecule has 0 radical (unpaired) electrons. The van der Waals surface area contributed by atoms with Crippen LogP contribution in [-0.4, -0.2) is 22.6 Å². The normalized spacial score (nSPS) is 17.5. The first-order valence-corrected chi connectivity index (χ1v) is 8.53. The minimum absolute atomic E-state index is 0.0287. The first-order valence-electron chi connectivity index (χ1n) is 7.36. The number of hydrogen-bond donors (Lipinski definition) is 0. The molecule has 1 amide bonds. The maximum Gasteiger partial charge on any atom is 0.293 e. The van der Waals surface area contributed by atoms with Crippen LogP contribution in [0.25, 0.3) is 11.7 Å². The van der Waals surface area contributed by atoms with Crippen molar-refractivity contribution in [2.45, 2.75) is 12.3 Å². The van der Waals surface area contributed by atoms with Crippen LogP contribution >= 0.6 is 27.5 Å². The summed E-state index contributed by atoms with van der Waals surface area (Å²) < 4.78 is 24.4. The zero-order valence-electron chi connectivity index (χ0n) is 12.6. The molecule has 6 nitrogen and oxygen atoms in total. The standard InChI is InChI=1S/C16H10BrClFN3O3/c17-13-4-3-12(24-13)16-20-15(21-25-16)8-5-14(23)22(7-8)9-1-2-11(19)10(18)6-9/h1-4,6,8H,5,7H2. The number of carbonyl (C=O) groups excluding carboxylic acids is 1. The van der Waals surface area contributed by atoms with E-state index in [1.54, 1.807) is 12.1 Å². The third-order valence-corrected chi connectivity index (χ3v) is 4.65. The van der Waals surface area contributed by atoms with Crippen LogP contribution in [0.15, 0.2) is 43.9 Å². The van der Waals surface area contributed by atoms with Crippen molar-refractivity contribution in [1.82, 2.24) is 10.1 Å². The summed E-state index contributed by atoms with van der Waals surface area (Å²) >= 11 is 9.01. The van der Waals surface area contributed by atoms with Gasteiger partial charge in [-0.3, -0.25) is 4.79 Å². The topological polar surface area (TPSA) is 72.4 Å². The number of benzene rings is 1. The fourth-order valence-electron chi connectivity index (χ4n) is 2.71. The van der Waals surface area contributed by atoms with E-state index in [2.05, 4.69) is 26.1 Å². The maximum atomic E-state index is 13.3. The van der Waals surface area contributed by atoms with E-state index in [4.69, 9.17) is 20.5 Å².